The topological polar surface area (TPSA) is 24.5 Å². The number of likely N-dealkylation sites (tertiary alicyclic amines) is 1. The molecule has 0 amide bonds. The van der Waals surface area contributed by atoms with Gasteiger partial charge in [-0.05, 0) is 72.6 Å². The van der Waals surface area contributed by atoms with Gasteiger partial charge in [0, 0.05) is 13.2 Å². The van der Waals surface area contributed by atoms with Gasteiger partial charge in [0.1, 0.15) is 0 Å². The molecule has 0 bridgehead atoms. The van der Waals surface area contributed by atoms with Crippen molar-refractivity contribution in [3.8, 4) is 0 Å². The molecule has 1 N–H and O–H groups in total. The highest BCUT2D eigenvalue weighted by atomic mass is 16.5. The van der Waals surface area contributed by atoms with Crippen molar-refractivity contribution in [3.63, 3.8) is 0 Å². The molecule has 1 fully saturated rings. The van der Waals surface area contributed by atoms with Gasteiger partial charge in [0.15, 0.2) is 0 Å². The summed E-state index contributed by atoms with van der Waals surface area (Å²) in [5, 5.41) is 3.59. The summed E-state index contributed by atoms with van der Waals surface area (Å²) in [6.07, 6.45) is 5.11. The highest BCUT2D eigenvalue weighted by molar-refractivity contribution is 4.75. The van der Waals surface area contributed by atoms with Gasteiger partial charge in [0.25, 0.3) is 0 Å². The predicted molar refractivity (Wildman–Crippen MR) is 73.5 cm³/mol. The molecule has 0 aliphatic carbocycles. The predicted octanol–water partition coefficient (Wildman–Crippen LogP) is 2.27. The first-order valence-electron chi connectivity index (χ1n) is 7.04. The molecule has 1 rings (SSSR count). The summed E-state index contributed by atoms with van der Waals surface area (Å²) in [7, 11) is 1.79. The number of nitrogens with one attached hydrogen (secondary N) is 1. The molecule has 1 heterocycles. The Morgan fingerprint density at radius 3 is 2.53 bits per heavy atom. The summed E-state index contributed by atoms with van der Waals surface area (Å²) in [6.45, 7) is 11.5. The quantitative estimate of drug-likeness (QED) is 0.661. The van der Waals surface area contributed by atoms with E-state index in [1.807, 2.05) is 0 Å². The van der Waals surface area contributed by atoms with Gasteiger partial charge in [-0.25, -0.2) is 0 Å². The van der Waals surface area contributed by atoms with Crippen LogP contribution in [0.1, 0.15) is 46.5 Å². The molecule has 0 radical (unpaired) electrons. The Hall–Kier alpha value is -0.120. The molecule has 0 aromatic heterocycles. The van der Waals surface area contributed by atoms with E-state index in [0.717, 1.165) is 13.0 Å². The lowest BCUT2D eigenvalue weighted by atomic mass is 10.00. The third kappa shape index (κ3) is 6.39. The van der Waals surface area contributed by atoms with E-state index in [9.17, 15) is 0 Å². The molecule has 0 aromatic carbocycles. The molecule has 1 aliphatic rings. The van der Waals surface area contributed by atoms with Gasteiger partial charge in [0.2, 0.25) is 0 Å². The van der Waals surface area contributed by atoms with Crippen molar-refractivity contribution in [1.29, 1.82) is 0 Å². The Bertz CT molecular complexity index is 200. The van der Waals surface area contributed by atoms with Crippen molar-refractivity contribution < 1.29 is 4.74 Å². The Morgan fingerprint density at radius 1 is 1.29 bits per heavy atom. The van der Waals surface area contributed by atoms with Gasteiger partial charge in [0.05, 0.1) is 5.60 Å². The van der Waals surface area contributed by atoms with Crippen molar-refractivity contribution >= 4 is 0 Å². The van der Waals surface area contributed by atoms with Crippen LogP contribution in [0.25, 0.3) is 0 Å². The van der Waals surface area contributed by atoms with Crippen molar-refractivity contribution in [1.82, 2.24) is 10.2 Å². The summed E-state index contributed by atoms with van der Waals surface area (Å²) in [6, 6.07) is 0.531. The molecule has 0 saturated carbocycles. The van der Waals surface area contributed by atoms with E-state index in [0.29, 0.717) is 6.04 Å². The van der Waals surface area contributed by atoms with Gasteiger partial charge >= 0.3 is 0 Å². The summed E-state index contributed by atoms with van der Waals surface area (Å²) in [5.41, 5.74) is -0.0125. The van der Waals surface area contributed by atoms with E-state index in [1.165, 1.54) is 38.9 Å². The van der Waals surface area contributed by atoms with Crippen molar-refractivity contribution in [2.24, 2.45) is 0 Å². The molecule has 102 valence electrons. The first-order chi connectivity index (χ1) is 8.03. The van der Waals surface area contributed by atoms with Crippen LogP contribution in [-0.4, -0.2) is 49.8 Å². The monoisotopic (exact) mass is 242 g/mol. The Labute approximate surface area is 107 Å². The smallest absolute Gasteiger partial charge is 0.0637 e. The molecule has 1 unspecified atom stereocenters. The Balaban J connectivity index is 2.01. The van der Waals surface area contributed by atoms with Gasteiger partial charge < -0.3 is 15.0 Å². The van der Waals surface area contributed by atoms with Crippen LogP contribution in [-0.2, 0) is 4.74 Å². The molecule has 1 aliphatic heterocycles. The van der Waals surface area contributed by atoms with Crippen LogP contribution in [0, 0.1) is 0 Å². The van der Waals surface area contributed by atoms with Crippen LogP contribution < -0.4 is 5.32 Å². The maximum atomic E-state index is 5.45. The van der Waals surface area contributed by atoms with E-state index < -0.39 is 0 Å². The zero-order valence-electron chi connectivity index (χ0n) is 12.1. The number of nitrogens with zero attached hydrogens (tertiary/aromatic N) is 1. The average molecular weight is 242 g/mol. The molecular weight excluding hydrogens is 212 g/mol. The fourth-order valence-corrected chi connectivity index (χ4v) is 2.55. The lowest BCUT2D eigenvalue weighted by Gasteiger charge is -2.27. The summed E-state index contributed by atoms with van der Waals surface area (Å²) < 4.78 is 5.45. The van der Waals surface area contributed by atoms with Gasteiger partial charge in [-0.1, -0.05) is 0 Å². The number of ether oxygens (including phenoxy) is 1. The molecule has 0 spiro atoms. The summed E-state index contributed by atoms with van der Waals surface area (Å²) >= 11 is 0. The number of rotatable bonds is 8. The van der Waals surface area contributed by atoms with Crippen LogP contribution in [0.2, 0.25) is 0 Å². The average Bonchev–Trinajstić information content (AvgIpc) is 2.77. The standard InChI is InChI=1S/C14H30N2O/c1-13(12-14(2,3)17-4)15-8-7-11-16-9-5-6-10-16/h13,15H,5-12H2,1-4H3. The first kappa shape index (κ1) is 14.9. The second kappa shape index (κ2) is 7.34. The maximum Gasteiger partial charge on any atom is 0.0637 e. The second-order valence-corrected chi connectivity index (χ2v) is 5.93. The summed E-state index contributed by atoms with van der Waals surface area (Å²) in [5.74, 6) is 0. The molecule has 17 heavy (non-hydrogen) atoms. The minimum atomic E-state index is -0.0125. The van der Waals surface area contributed by atoms with Gasteiger partial charge in [-0.2, -0.15) is 0 Å². The Morgan fingerprint density at radius 2 is 1.94 bits per heavy atom. The Kier molecular flexibility index (Phi) is 6.45. The summed E-state index contributed by atoms with van der Waals surface area (Å²) in [4.78, 5) is 2.57. The number of hydrogen-bond donors (Lipinski definition) is 1. The SMILES string of the molecule is COC(C)(C)CC(C)NCCCN1CCCC1. The van der Waals surface area contributed by atoms with Crippen LogP contribution >= 0.6 is 0 Å². The lowest BCUT2D eigenvalue weighted by Crippen LogP contribution is -2.37. The number of hydrogen-bond acceptors (Lipinski definition) is 3. The molecule has 1 saturated heterocycles. The van der Waals surface area contributed by atoms with Gasteiger partial charge in [-0.3, -0.25) is 0 Å². The van der Waals surface area contributed by atoms with Crippen molar-refractivity contribution in [3.05, 3.63) is 0 Å². The van der Waals surface area contributed by atoms with Gasteiger partial charge in [-0.15, -0.1) is 0 Å². The van der Waals surface area contributed by atoms with Crippen LogP contribution in [0.3, 0.4) is 0 Å². The molecule has 0 aromatic rings. The second-order valence-electron chi connectivity index (χ2n) is 5.93. The molecule has 1 atom stereocenters. The molecule has 3 heteroatoms. The number of methoxy groups -OCH3 is 1. The highest BCUT2D eigenvalue weighted by Crippen LogP contribution is 2.15. The zero-order chi connectivity index (χ0) is 12.7. The van der Waals surface area contributed by atoms with Crippen LogP contribution in [0.4, 0.5) is 0 Å². The fourth-order valence-electron chi connectivity index (χ4n) is 2.55. The van der Waals surface area contributed by atoms with E-state index >= 15 is 0 Å². The van der Waals surface area contributed by atoms with E-state index in [1.54, 1.807) is 7.11 Å². The molecule has 3 nitrogen and oxygen atoms in total. The van der Waals surface area contributed by atoms with E-state index in [4.69, 9.17) is 4.74 Å². The third-order valence-corrected chi connectivity index (χ3v) is 3.69. The lowest BCUT2D eigenvalue weighted by molar-refractivity contribution is 0.00857. The van der Waals surface area contributed by atoms with Crippen molar-refractivity contribution in [2.75, 3.05) is 33.3 Å². The minimum Gasteiger partial charge on any atom is -0.379 e. The first-order valence-corrected chi connectivity index (χ1v) is 7.04. The maximum absolute atomic E-state index is 5.45. The van der Waals surface area contributed by atoms with E-state index in [-0.39, 0.29) is 5.60 Å². The van der Waals surface area contributed by atoms with E-state index in [2.05, 4.69) is 31.0 Å². The highest BCUT2D eigenvalue weighted by Gasteiger charge is 2.19. The van der Waals surface area contributed by atoms with Crippen LogP contribution in [0.5, 0.6) is 0 Å². The normalized spacial score (nSPS) is 19.8. The van der Waals surface area contributed by atoms with Crippen LogP contribution in [0.15, 0.2) is 0 Å². The zero-order valence-corrected chi connectivity index (χ0v) is 12.1. The third-order valence-electron chi connectivity index (χ3n) is 3.69. The van der Waals surface area contributed by atoms with Crippen molar-refractivity contribution in [2.45, 2.75) is 58.1 Å². The molecular formula is C14H30N2O. The minimum absolute atomic E-state index is 0.0125. The fraction of sp³-hybridized carbons (Fsp3) is 1.00. The largest absolute Gasteiger partial charge is 0.379 e.